The zero-order chi connectivity index (χ0) is 30.4. The molecule has 0 atom stereocenters. The molecule has 0 spiro atoms. The van der Waals surface area contributed by atoms with Crippen LogP contribution in [0.3, 0.4) is 0 Å². The summed E-state index contributed by atoms with van der Waals surface area (Å²) in [5.41, 5.74) is 5.41. The van der Waals surface area contributed by atoms with E-state index in [0.717, 1.165) is 55.8 Å². The van der Waals surface area contributed by atoms with Crippen molar-refractivity contribution in [2.45, 2.75) is 44.8 Å². The van der Waals surface area contributed by atoms with Gasteiger partial charge in [-0.15, -0.1) is 0 Å². The van der Waals surface area contributed by atoms with Gasteiger partial charge in [0, 0.05) is 22.6 Å². The van der Waals surface area contributed by atoms with Crippen LogP contribution in [-0.2, 0) is 23.4 Å². The summed E-state index contributed by atoms with van der Waals surface area (Å²) in [6.45, 7) is 2.91. The second kappa shape index (κ2) is 14.7. The van der Waals surface area contributed by atoms with Crippen LogP contribution in [0.2, 0.25) is 0 Å². The number of rotatable bonds is 12. The Morgan fingerprint density at radius 1 is 0.644 bits per heavy atom. The number of ether oxygens (including phenoxy) is 2. The topological polar surface area (TPSA) is 81.5 Å². The van der Waals surface area contributed by atoms with Crippen molar-refractivity contribution >= 4 is 57.3 Å². The molecular weight excluding hydrogens is 571 g/mol. The second-order valence-corrected chi connectivity index (χ2v) is 11.2. The molecule has 0 aliphatic rings. The van der Waals surface area contributed by atoms with Crippen LogP contribution in [0.25, 0.3) is 21.8 Å². The molecule has 6 rings (SSSR count). The van der Waals surface area contributed by atoms with Crippen molar-refractivity contribution < 1.29 is 19.4 Å². The van der Waals surface area contributed by atoms with E-state index in [0.29, 0.717) is 26.1 Å². The number of aliphatic carboxylic acids is 1. The SMILES string of the molecule is CC(CCCC(=O)O)(c1ccc(OCc2ccc3ccccc3n2)cc1)c1ccc(OCc2ccc3ccccc3n2)cc1.[NaH]. The maximum atomic E-state index is 11.3. The number of hydrogen-bond acceptors (Lipinski definition) is 5. The molecule has 1 N–H and O–H groups in total. The van der Waals surface area contributed by atoms with Gasteiger partial charge in [0.15, 0.2) is 0 Å². The maximum absolute atomic E-state index is 11.3. The van der Waals surface area contributed by atoms with Gasteiger partial charge in [0.1, 0.15) is 24.7 Å². The van der Waals surface area contributed by atoms with Crippen LogP contribution in [-0.4, -0.2) is 50.6 Å². The van der Waals surface area contributed by atoms with Crippen molar-refractivity contribution in [2.75, 3.05) is 0 Å². The predicted octanol–water partition coefficient (Wildman–Crippen LogP) is 7.85. The van der Waals surface area contributed by atoms with Gasteiger partial charge in [0.2, 0.25) is 0 Å². The number of para-hydroxylation sites is 2. The van der Waals surface area contributed by atoms with Crippen LogP contribution in [0.4, 0.5) is 0 Å². The average molecular weight is 607 g/mol. The Hall–Kier alpha value is -4.23. The summed E-state index contributed by atoms with van der Waals surface area (Å²) in [5.74, 6) is 0.717. The van der Waals surface area contributed by atoms with Gasteiger partial charge in [0.05, 0.1) is 22.4 Å². The van der Waals surface area contributed by atoms with Crippen LogP contribution in [0, 0.1) is 0 Å². The Balaban J connectivity index is 0.00000400. The molecule has 7 heteroatoms. The van der Waals surface area contributed by atoms with Crippen molar-refractivity contribution in [1.82, 2.24) is 9.97 Å². The van der Waals surface area contributed by atoms with E-state index in [1.807, 2.05) is 84.9 Å². The summed E-state index contributed by atoms with van der Waals surface area (Å²) >= 11 is 0. The molecule has 0 fully saturated rings. The van der Waals surface area contributed by atoms with Gasteiger partial charge in [-0.05, 0) is 72.5 Å². The summed E-state index contributed by atoms with van der Waals surface area (Å²) in [5, 5.41) is 11.5. The normalized spacial score (nSPS) is 11.2. The van der Waals surface area contributed by atoms with Crippen molar-refractivity contribution in [1.29, 1.82) is 0 Å². The van der Waals surface area contributed by atoms with E-state index < -0.39 is 11.4 Å². The number of hydrogen-bond donors (Lipinski definition) is 1. The quantitative estimate of drug-likeness (QED) is 0.143. The first-order chi connectivity index (χ1) is 21.5. The van der Waals surface area contributed by atoms with Crippen LogP contribution < -0.4 is 9.47 Å². The first-order valence-corrected chi connectivity index (χ1v) is 14.8. The van der Waals surface area contributed by atoms with E-state index >= 15 is 0 Å². The predicted molar refractivity (Wildman–Crippen MR) is 180 cm³/mol. The number of carboxylic acid groups (broad SMARTS) is 1. The van der Waals surface area contributed by atoms with E-state index in [2.05, 4.69) is 43.3 Å². The molecule has 4 aromatic carbocycles. The Morgan fingerprint density at radius 3 is 1.53 bits per heavy atom. The minimum atomic E-state index is -0.788. The third-order valence-corrected chi connectivity index (χ3v) is 8.14. The number of nitrogens with zero attached hydrogens (tertiary/aromatic N) is 2. The number of carboxylic acids is 1. The van der Waals surface area contributed by atoms with E-state index in [9.17, 15) is 9.90 Å². The summed E-state index contributed by atoms with van der Waals surface area (Å²) < 4.78 is 12.1. The fourth-order valence-corrected chi connectivity index (χ4v) is 5.58. The van der Waals surface area contributed by atoms with Gasteiger partial charge in [0.25, 0.3) is 0 Å². The minimum absolute atomic E-state index is 0. The Labute approximate surface area is 285 Å². The van der Waals surface area contributed by atoms with Crippen LogP contribution >= 0.6 is 0 Å². The summed E-state index contributed by atoms with van der Waals surface area (Å²) in [6, 6.07) is 40.3. The van der Waals surface area contributed by atoms with Gasteiger partial charge in [-0.1, -0.05) is 79.7 Å². The molecule has 0 aliphatic heterocycles. The molecule has 6 nitrogen and oxygen atoms in total. The van der Waals surface area contributed by atoms with E-state index in [1.54, 1.807) is 0 Å². The molecule has 0 unspecified atom stereocenters. The first-order valence-electron chi connectivity index (χ1n) is 14.8. The molecular formula is C38H35N2NaO4. The van der Waals surface area contributed by atoms with Gasteiger partial charge >= 0.3 is 35.5 Å². The van der Waals surface area contributed by atoms with Crippen LogP contribution in [0.1, 0.15) is 48.7 Å². The Bertz CT molecular complexity index is 1760. The van der Waals surface area contributed by atoms with E-state index in [4.69, 9.17) is 19.4 Å². The molecule has 2 heterocycles. The number of pyridine rings is 2. The number of benzene rings is 4. The first kappa shape index (κ1) is 32.2. The molecule has 222 valence electrons. The van der Waals surface area contributed by atoms with Gasteiger partial charge in [-0.2, -0.15) is 0 Å². The van der Waals surface area contributed by atoms with Crippen molar-refractivity contribution in [3.05, 3.63) is 144 Å². The molecule has 0 bridgehead atoms. The molecule has 45 heavy (non-hydrogen) atoms. The van der Waals surface area contributed by atoms with Crippen molar-refractivity contribution in [2.24, 2.45) is 0 Å². The Kier molecular flexibility index (Phi) is 10.5. The summed E-state index contributed by atoms with van der Waals surface area (Å²) in [6.07, 6.45) is 1.36. The molecule has 0 amide bonds. The number of fused-ring (bicyclic) bond motifs is 2. The zero-order valence-corrected chi connectivity index (χ0v) is 24.6. The number of carbonyl (C=O) groups is 1. The van der Waals surface area contributed by atoms with Crippen LogP contribution in [0.5, 0.6) is 11.5 Å². The van der Waals surface area contributed by atoms with Crippen LogP contribution in [0.15, 0.2) is 121 Å². The molecule has 2 aromatic heterocycles. The Morgan fingerprint density at radius 2 is 1.09 bits per heavy atom. The average Bonchev–Trinajstić information content (AvgIpc) is 3.06. The summed E-state index contributed by atoms with van der Waals surface area (Å²) in [4.78, 5) is 20.7. The fourth-order valence-electron chi connectivity index (χ4n) is 5.58. The number of aromatic nitrogens is 2. The third kappa shape index (κ3) is 7.90. The standard InChI is InChI=1S/C38H34N2O4.Na.H/c1-38(24-6-11-37(41)42,29-14-20-33(21-15-29)43-25-31-18-12-27-7-2-4-9-35(27)39-31)30-16-22-34(23-17-30)44-26-32-19-13-28-8-3-5-10-36(28)40-32;;/h2-5,7-10,12-23H,6,11,24-26H2,1H3,(H,41,42);;. The molecule has 0 aliphatic carbocycles. The fraction of sp³-hybridized carbons (Fsp3) is 0.184. The molecule has 0 saturated carbocycles. The van der Waals surface area contributed by atoms with Crippen molar-refractivity contribution in [3.8, 4) is 11.5 Å². The van der Waals surface area contributed by atoms with Gasteiger partial charge in [-0.3, -0.25) is 4.79 Å². The second-order valence-electron chi connectivity index (χ2n) is 11.2. The molecule has 0 radical (unpaired) electrons. The van der Waals surface area contributed by atoms with Crippen molar-refractivity contribution in [3.63, 3.8) is 0 Å². The molecule has 6 aromatic rings. The zero-order valence-electron chi connectivity index (χ0n) is 24.6. The van der Waals surface area contributed by atoms with E-state index in [-0.39, 0.29) is 36.0 Å². The molecule has 0 saturated heterocycles. The summed E-state index contributed by atoms with van der Waals surface area (Å²) in [7, 11) is 0. The van der Waals surface area contributed by atoms with Gasteiger partial charge in [-0.25, -0.2) is 9.97 Å². The van der Waals surface area contributed by atoms with E-state index in [1.165, 1.54) is 0 Å². The monoisotopic (exact) mass is 606 g/mol. The van der Waals surface area contributed by atoms with Gasteiger partial charge < -0.3 is 14.6 Å². The third-order valence-electron chi connectivity index (χ3n) is 8.14.